The van der Waals surface area contributed by atoms with Gasteiger partial charge in [-0.1, -0.05) is 32.8 Å². The van der Waals surface area contributed by atoms with Crippen LogP contribution in [0, 0.1) is 5.92 Å². The van der Waals surface area contributed by atoms with Gasteiger partial charge < -0.3 is 10.4 Å². The van der Waals surface area contributed by atoms with Gasteiger partial charge in [-0.3, -0.25) is 4.79 Å². The molecule has 18 heavy (non-hydrogen) atoms. The number of carboxylic acids is 1. The number of anilines is 1. The van der Waals surface area contributed by atoms with Gasteiger partial charge in [-0.25, -0.2) is 4.79 Å². The van der Waals surface area contributed by atoms with Crippen LogP contribution in [-0.4, -0.2) is 17.0 Å². The van der Waals surface area contributed by atoms with Crippen LogP contribution in [0.3, 0.4) is 0 Å². The fourth-order valence-electron chi connectivity index (χ4n) is 1.78. The molecule has 0 fully saturated rings. The third kappa shape index (κ3) is 4.20. The van der Waals surface area contributed by atoms with Crippen LogP contribution in [0.1, 0.15) is 43.5 Å². The molecule has 0 bridgehead atoms. The van der Waals surface area contributed by atoms with E-state index in [9.17, 15) is 9.59 Å². The minimum absolute atomic E-state index is 0.0637. The van der Waals surface area contributed by atoms with Gasteiger partial charge in [0.15, 0.2) is 0 Å². The fraction of sp³-hybridized carbons (Fsp3) is 0.429. The second kappa shape index (κ2) is 6.79. The molecule has 4 nitrogen and oxygen atoms in total. The first-order valence-electron chi connectivity index (χ1n) is 6.20. The summed E-state index contributed by atoms with van der Waals surface area (Å²) in [6, 6.07) is 6.28. The van der Waals surface area contributed by atoms with E-state index in [0.29, 0.717) is 18.0 Å². The van der Waals surface area contributed by atoms with Crippen molar-refractivity contribution in [2.24, 2.45) is 5.92 Å². The summed E-state index contributed by atoms with van der Waals surface area (Å²) in [6.45, 7) is 4.12. The number of rotatable bonds is 6. The maximum absolute atomic E-state index is 11.8. The van der Waals surface area contributed by atoms with E-state index in [4.69, 9.17) is 5.11 Å². The standard InChI is InChI=1S/C14H19NO3/c1-3-10(4-2)8-13(16)15-12-7-5-6-11(9-12)14(17)18/h5-7,9-10H,3-4,8H2,1-2H3,(H,15,16)(H,17,18). The van der Waals surface area contributed by atoms with Crippen LogP contribution in [0.25, 0.3) is 0 Å². The van der Waals surface area contributed by atoms with Gasteiger partial charge in [0.25, 0.3) is 0 Å². The fourth-order valence-corrected chi connectivity index (χ4v) is 1.78. The number of amides is 1. The molecule has 0 saturated carbocycles. The number of carboxylic acid groups (broad SMARTS) is 1. The van der Waals surface area contributed by atoms with Crippen LogP contribution in [0.4, 0.5) is 5.69 Å². The predicted octanol–water partition coefficient (Wildman–Crippen LogP) is 3.15. The van der Waals surface area contributed by atoms with Crippen LogP contribution in [0.2, 0.25) is 0 Å². The summed E-state index contributed by atoms with van der Waals surface area (Å²) >= 11 is 0. The molecule has 2 N–H and O–H groups in total. The van der Waals surface area contributed by atoms with Gasteiger partial charge in [-0.2, -0.15) is 0 Å². The zero-order chi connectivity index (χ0) is 13.5. The third-order valence-corrected chi connectivity index (χ3v) is 3.02. The summed E-state index contributed by atoms with van der Waals surface area (Å²) in [6.07, 6.45) is 2.42. The molecule has 4 heteroatoms. The zero-order valence-electron chi connectivity index (χ0n) is 10.8. The smallest absolute Gasteiger partial charge is 0.335 e. The molecule has 0 heterocycles. The summed E-state index contributed by atoms with van der Waals surface area (Å²) < 4.78 is 0. The Morgan fingerprint density at radius 3 is 2.50 bits per heavy atom. The Labute approximate surface area is 107 Å². The molecular weight excluding hydrogens is 230 g/mol. The largest absolute Gasteiger partial charge is 0.478 e. The third-order valence-electron chi connectivity index (χ3n) is 3.02. The average Bonchev–Trinajstić information content (AvgIpc) is 2.36. The highest BCUT2D eigenvalue weighted by atomic mass is 16.4. The Morgan fingerprint density at radius 2 is 1.94 bits per heavy atom. The molecule has 0 unspecified atom stereocenters. The van der Waals surface area contributed by atoms with Gasteiger partial charge in [0.2, 0.25) is 5.91 Å². The molecule has 1 aromatic carbocycles. The number of carbonyl (C=O) groups is 2. The minimum atomic E-state index is -0.994. The van der Waals surface area contributed by atoms with Crippen LogP contribution in [0.15, 0.2) is 24.3 Å². The van der Waals surface area contributed by atoms with Crippen molar-refractivity contribution in [3.63, 3.8) is 0 Å². The van der Waals surface area contributed by atoms with E-state index >= 15 is 0 Å². The average molecular weight is 249 g/mol. The number of carbonyl (C=O) groups excluding carboxylic acids is 1. The molecule has 0 aliphatic carbocycles. The van der Waals surface area contributed by atoms with Gasteiger partial charge in [0, 0.05) is 12.1 Å². The van der Waals surface area contributed by atoms with E-state index in [1.165, 1.54) is 12.1 Å². The molecule has 0 saturated heterocycles. The van der Waals surface area contributed by atoms with Crippen molar-refractivity contribution in [1.82, 2.24) is 0 Å². The maximum Gasteiger partial charge on any atom is 0.335 e. The van der Waals surface area contributed by atoms with Crippen molar-refractivity contribution in [2.75, 3.05) is 5.32 Å². The van der Waals surface area contributed by atoms with Crippen LogP contribution in [0.5, 0.6) is 0 Å². The number of hydrogen-bond donors (Lipinski definition) is 2. The highest BCUT2D eigenvalue weighted by Gasteiger charge is 2.11. The number of hydrogen-bond acceptors (Lipinski definition) is 2. The molecule has 0 spiro atoms. The van der Waals surface area contributed by atoms with Crippen molar-refractivity contribution in [3.8, 4) is 0 Å². The van der Waals surface area contributed by atoms with Crippen molar-refractivity contribution in [2.45, 2.75) is 33.1 Å². The van der Waals surface area contributed by atoms with Gasteiger partial charge in [0.1, 0.15) is 0 Å². The summed E-state index contributed by atoms with van der Waals surface area (Å²) in [7, 11) is 0. The van der Waals surface area contributed by atoms with Gasteiger partial charge in [-0.05, 0) is 24.1 Å². The molecule has 0 aliphatic heterocycles. The monoisotopic (exact) mass is 249 g/mol. The van der Waals surface area contributed by atoms with E-state index in [1.807, 2.05) is 0 Å². The van der Waals surface area contributed by atoms with Crippen LogP contribution < -0.4 is 5.32 Å². The van der Waals surface area contributed by atoms with E-state index in [0.717, 1.165) is 12.8 Å². The van der Waals surface area contributed by atoms with Gasteiger partial charge in [0.05, 0.1) is 5.56 Å². The first-order chi connectivity index (χ1) is 8.56. The van der Waals surface area contributed by atoms with Crippen LogP contribution in [-0.2, 0) is 4.79 Å². The normalized spacial score (nSPS) is 10.4. The SMILES string of the molecule is CCC(CC)CC(=O)Nc1cccc(C(=O)O)c1. The lowest BCUT2D eigenvalue weighted by atomic mass is 9.99. The van der Waals surface area contributed by atoms with Crippen molar-refractivity contribution < 1.29 is 14.7 Å². The van der Waals surface area contributed by atoms with E-state index < -0.39 is 5.97 Å². The Hall–Kier alpha value is -1.84. The van der Waals surface area contributed by atoms with E-state index in [1.54, 1.807) is 12.1 Å². The topological polar surface area (TPSA) is 66.4 Å². The first kappa shape index (κ1) is 14.2. The summed E-state index contributed by atoms with van der Waals surface area (Å²) in [5.41, 5.74) is 0.709. The number of aromatic carboxylic acids is 1. The summed E-state index contributed by atoms with van der Waals surface area (Å²) in [5, 5.41) is 11.6. The predicted molar refractivity (Wildman–Crippen MR) is 70.7 cm³/mol. The van der Waals surface area contributed by atoms with Crippen molar-refractivity contribution in [1.29, 1.82) is 0 Å². The molecule has 98 valence electrons. The van der Waals surface area contributed by atoms with Gasteiger partial charge >= 0.3 is 5.97 Å². The lowest BCUT2D eigenvalue weighted by molar-refractivity contribution is -0.117. The number of nitrogens with one attached hydrogen (secondary N) is 1. The molecule has 0 atom stereocenters. The highest BCUT2D eigenvalue weighted by Crippen LogP contribution is 2.15. The Morgan fingerprint density at radius 1 is 1.28 bits per heavy atom. The van der Waals surface area contributed by atoms with Crippen LogP contribution >= 0.6 is 0 Å². The Balaban J connectivity index is 2.64. The van der Waals surface area contributed by atoms with E-state index in [-0.39, 0.29) is 11.5 Å². The first-order valence-corrected chi connectivity index (χ1v) is 6.20. The van der Waals surface area contributed by atoms with Gasteiger partial charge in [-0.15, -0.1) is 0 Å². The quantitative estimate of drug-likeness (QED) is 0.813. The minimum Gasteiger partial charge on any atom is -0.478 e. The molecule has 0 radical (unpaired) electrons. The lowest BCUT2D eigenvalue weighted by Gasteiger charge is -2.12. The Bertz CT molecular complexity index is 425. The molecule has 1 amide bonds. The molecule has 0 aromatic heterocycles. The highest BCUT2D eigenvalue weighted by molar-refractivity contribution is 5.93. The van der Waals surface area contributed by atoms with Crippen molar-refractivity contribution >= 4 is 17.6 Å². The van der Waals surface area contributed by atoms with E-state index in [2.05, 4.69) is 19.2 Å². The maximum atomic E-state index is 11.8. The number of benzene rings is 1. The summed E-state index contributed by atoms with van der Waals surface area (Å²) in [5.74, 6) is -0.676. The lowest BCUT2D eigenvalue weighted by Crippen LogP contribution is -2.16. The Kier molecular flexibility index (Phi) is 5.36. The van der Waals surface area contributed by atoms with Crippen molar-refractivity contribution in [3.05, 3.63) is 29.8 Å². The molecule has 1 aromatic rings. The second-order valence-corrected chi connectivity index (χ2v) is 4.32. The molecule has 0 aliphatic rings. The summed E-state index contributed by atoms with van der Waals surface area (Å²) in [4.78, 5) is 22.6. The second-order valence-electron chi connectivity index (χ2n) is 4.32. The zero-order valence-corrected chi connectivity index (χ0v) is 10.8. The molecule has 1 rings (SSSR count). The molecular formula is C14H19NO3.